The number of nitrogens with zero attached hydrogens (tertiary/aromatic N) is 1. The third-order valence-electron chi connectivity index (χ3n) is 2.58. The average molecular weight is 302 g/mol. The van der Waals surface area contributed by atoms with E-state index < -0.39 is 12.1 Å². The minimum Gasteiger partial charge on any atom is -0.475 e. The van der Waals surface area contributed by atoms with E-state index in [2.05, 4.69) is 23.2 Å². The lowest BCUT2D eigenvalue weighted by Gasteiger charge is -1.95. The monoisotopic (exact) mass is 302 g/mol. The van der Waals surface area contributed by atoms with E-state index in [1.807, 2.05) is 6.07 Å². The molecule has 106 valence electrons. The summed E-state index contributed by atoms with van der Waals surface area (Å²) in [5, 5.41) is 7.81. The highest BCUT2D eigenvalue weighted by Crippen LogP contribution is 2.39. The van der Waals surface area contributed by atoms with Crippen molar-refractivity contribution in [1.82, 2.24) is 4.98 Å². The minimum absolute atomic E-state index is 0.680. The van der Waals surface area contributed by atoms with Crippen LogP contribution in [0.3, 0.4) is 0 Å². The number of hydrogen-bond acceptors (Lipinski definition) is 4. The van der Waals surface area contributed by atoms with Crippen LogP contribution in [0.5, 0.6) is 0 Å². The van der Waals surface area contributed by atoms with Gasteiger partial charge in [0.15, 0.2) is 5.13 Å². The summed E-state index contributed by atoms with van der Waals surface area (Å²) in [7, 11) is 0. The molecule has 0 amide bonds. The van der Waals surface area contributed by atoms with Gasteiger partial charge in [-0.1, -0.05) is 24.3 Å². The maximum absolute atomic E-state index is 10.6. The molecule has 0 atom stereocenters. The minimum atomic E-state index is -5.08. The number of anilines is 1. The number of fused-ring (bicyclic) bond motifs is 3. The fraction of sp³-hybridized carbons (Fsp3) is 0.167. The van der Waals surface area contributed by atoms with Crippen molar-refractivity contribution in [2.24, 2.45) is 0 Å². The zero-order valence-corrected chi connectivity index (χ0v) is 10.8. The first-order chi connectivity index (χ1) is 9.29. The lowest BCUT2D eigenvalue weighted by atomic mass is 10.1. The summed E-state index contributed by atoms with van der Waals surface area (Å²) in [6.07, 6.45) is -4.08. The molecule has 1 aliphatic rings. The van der Waals surface area contributed by atoms with Crippen LogP contribution in [-0.4, -0.2) is 22.2 Å². The number of carboxylic acids is 1. The molecular formula is C12H9F3N2O2S. The molecule has 0 saturated carbocycles. The van der Waals surface area contributed by atoms with Crippen molar-refractivity contribution < 1.29 is 23.1 Å². The Balaban J connectivity index is 0.000000182. The number of benzene rings is 1. The highest BCUT2D eigenvalue weighted by molar-refractivity contribution is 7.15. The number of aliphatic carboxylic acids is 1. The largest absolute Gasteiger partial charge is 0.490 e. The Morgan fingerprint density at radius 1 is 1.35 bits per heavy atom. The number of carboxylic acid groups (broad SMARTS) is 1. The van der Waals surface area contributed by atoms with Gasteiger partial charge >= 0.3 is 12.1 Å². The average Bonchev–Trinajstić information content (AvgIpc) is 2.84. The van der Waals surface area contributed by atoms with Gasteiger partial charge in [0.1, 0.15) is 0 Å². The first kappa shape index (κ1) is 14.3. The highest BCUT2D eigenvalue weighted by atomic mass is 32.1. The summed E-state index contributed by atoms with van der Waals surface area (Å²) in [6.45, 7) is 0. The molecule has 3 rings (SSSR count). The van der Waals surface area contributed by atoms with E-state index in [1.54, 1.807) is 11.3 Å². The molecule has 3 N–H and O–H groups in total. The Bertz CT molecular complexity index is 652. The summed E-state index contributed by atoms with van der Waals surface area (Å²) >= 11 is 1.60. The Morgan fingerprint density at radius 2 is 1.95 bits per heavy atom. The molecule has 0 spiro atoms. The van der Waals surface area contributed by atoms with Crippen LogP contribution in [0.25, 0.3) is 11.3 Å². The van der Waals surface area contributed by atoms with Gasteiger partial charge in [-0.15, -0.1) is 11.3 Å². The predicted octanol–water partition coefficient (Wildman–Crippen LogP) is 2.93. The lowest BCUT2D eigenvalue weighted by Crippen LogP contribution is -2.21. The van der Waals surface area contributed by atoms with Crippen molar-refractivity contribution in [3.8, 4) is 11.3 Å². The van der Waals surface area contributed by atoms with Crippen LogP contribution < -0.4 is 5.73 Å². The normalized spacial score (nSPS) is 12.2. The van der Waals surface area contributed by atoms with Crippen LogP contribution in [0, 0.1) is 0 Å². The van der Waals surface area contributed by atoms with Crippen LogP contribution in [0.4, 0.5) is 18.3 Å². The van der Waals surface area contributed by atoms with Crippen molar-refractivity contribution in [2.75, 3.05) is 5.73 Å². The molecule has 1 aromatic heterocycles. The van der Waals surface area contributed by atoms with E-state index in [0.717, 1.165) is 12.1 Å². The van der Waals surface area contributed by atoms with E-state index in [1.165, 1.54) is 16.0 Å². The summed E-state index contributed by atoms with van der Waals surface area (Å²) in [5.41, 5.74) is 9.38. The number of aromatic nitrogens is 1. The number of carbonyl (C=O) groups is 1. The standard InChI is InChI=1S/C10H8N2S.C2HF3O2/c11-10-12-9-7-4-2-1-3-6(7)5-8(9)13-10;3-2(4,5)1(6)7/h1-4H,5H2,(H2,11,12);(H,6,7). The number of hydrogen-bond donors (Lipinski definition) is 2. The molecule has 0 bridgehead atoms. The Hall–Kier alpha value is -2.09. The molecule has 1 heterocycles. The first-order valence-corrected chi connectivity index (χ1v) is 6.24. The fourth-order valence-corrected chi connectivity index (χ4v) is 2.65. The van der Waals surface area contributed by atoms with Gasteiger partial charge in [0, 0.05) is 16.9 Å². The van der Waals surface area contributed by atoms with Crippen molar-refractivity contribution in [3.63, 3.8) is 0 Å². The second kappa shape index (κ2) is 5.12. The van der Waals surface area contributed by atoms with Gasteiger partial charge in [-0.2, -0.15) is 13.2 Å². The van der Waals surface area contributed by atoms with E-state index in [0.29, 0.717) is 5.13 Å². The molecule has 0 saturated heterocycles. The molecule has 0 fully saturated rings. The number of alkyl halides is 3. The third kappa shape index (κ3) is 2.90. The first-order valence-electron chi connectivity index (χ1n) is 5.42. The Labute approximate surface area is 115 Å². The van der Waals surface area contributed by atoms with Gasteiger partial charge in [0.25, 0.3) is 0 Å². The number of thiazole rings is 1. The number of nitrogens with two attached hydrogens (primary N) is 1. The maximum Gasteiger partial charge on any atom is 0.490 e. The van der Waals surface area contributed by atoms with E-state index in [-0.39, 0.29) is 0 Å². The SMILES string of the molecule is Nc1nc2c(s1)Cc1ccccc1-2.O=C(O)C(F)(F)F. The molecule has 1 aliphatic carbocycles. The molecule has 20 heavy (non-hydrogen) atoms. The van der Waals surface area contributed by atoms with Crippen molar-refractivity contribution in [1.29, 1.82) is 0 Å². The van der Waals surface area contributed by atoms with Gasteiger partial charge in [-0.25, -0.2) is 9.78 Å². The van der Waals surface area contributed by atoms with Gasteiger partial charge in [-0.3, -0.25) is 0 Å². The van der Waals surface area contributed by atoms with Crippen LogP contribution >= 0.6 is 11.3 Å². The zero-order chi connectivity index (χ0) is 14.9. The summed E-state index contributed by atoms with van der Waals surface area (Å²) < 4.78 is 31.7. The molecule has 2 aromatic rings. The zero-order valence-electron chi connectivity index (χ0n) is 9.94. The summed E-state index contributed by atoms with van der Waals surface area (Å²) in [5.74, 6) is -2.76. The third-order valence-corrected chi connectivity index (χ3v) is 3.46. The Kier molecular flexibility index (Phi) is 3.67. The number of halogens is 3. The van der Waals surface area contributed by atoms with E-state index >= 15 is 0 Å². The quantitative estimate of drug-likeness (QED) is 0.669. The number of nitrogen functional groups attached to an aromatic ring is 1. The molecule has 8 heteroatoms. The molecule has 4 nitrogen and oxygen atoms in total. The van der Waals surface area contributed by atoms with Gasteiger partial charge in [-0.05, 0) is 5.56 Å². The van der Waals surface area contributed by atoms with Crippen molar-refractivity contribution >= 4 is 22.4 Å². The second-order valence-electron chi connectivity index (χ2n) is 3.96. The lowest BCUT2D eigenvalue weighted by molar-refractivity contribution is -0.192. The van der Waals surface area contributed by atoms with Crippen LogP contribution in [0.1, 0.15) is 10.4 Å². The van der Waals surface area contributed by atoms with Crippen LogP contribution in [0.15, 0.2) is 24.3 Å². The topological polar surface area (TPSA) is 76.2 Å². The van der Waals surface area contributed by atoms with Gasteiger partial charge < -0.3 is 10.8 Å². The molecule has 0 unspecified atom stereocenters. The number of rotatable bonds is 0. The summed E-state index contributed by atoms with van der Waals surface area (Å²) in [6, 6.07) is 8.38. The molecule has 0 radical (unpaired) electrons. The molecular weight excluding hydrogens is 293 g/mol. The maximum atomic E-state index is 10.6. The fourth-order valence-electron chi connectivity index (χ4n) is 1.78. The van der Waals surface area contributed by atoms with Crippen LogP contribution in [-0.2, 0) is 11.2 Å². The van der Waals surface area contributed by atoms with E-state index in [9.17, 15) is 13.2 Å². The highest BCUT2D eigenvalue weighted by Gasteiger charge is 2.38. The van der Waals surface area contributed by atoms with Crippen molar-refractivity contribution in [2.45, 2.75) is 12.6 Å². The van der Waals surface area contributed by atoms with Crippen molar-refractivity contribution in [3.05, 3.63) is 34.7 Å². The molecule has 0 aliphatic heterocycles. The molecule has 1 aromatic carbocycles. The van der Waals surface area contributed by atoms with Crippen LogP contribution in [0.2, 0.25) is 0 Å². The van der Waals surface area contributed by atoms with Gasteiger partial charge in [0.05, 0.1) is 5.69 Å². The Morgan fingerprint density at radius 3 is 2.55 bits per heavy atom. The second-order valence-corrected chi connectivity index (χ2v) is 5.08. The smallest absolute Gasteiger partial charge is 0.475 e. The predicted molar refractivity (Wildman–Crippen MR) is 68.5 cm³/mol. The van der Waals surface area contributed by atoms with E-state index in [4.69, 9.17) is 15.6 Å². The van der Waals surface area contributed by atoms with Gasteiger partial charge in [0.2, 0.25) is 0 Å². The summed E-state index contributed by atoms with van der Waals surface area (Å²) in [4.78, 5) is 14.5.